The molecule has 3 N–H and O–H groups in total. The number of rotatable bonds is 8. The van der Waals surface area contributed by atoms with E-state index in [0.29, 0.717) is 18.5 Å². The minimum atomic E-state index is -0.260. The third kappa shape index (κ3) is 4.45. The molecule has 2 aromatic heterocycles. The predicted molar refractivity (Wildman–Crippen MR) is 109 cm³/mol. The van der Waals surface area contributed by atoms with Gasteiger partial charge in [-0.2, -0.15) is 0 Å². The number of ether oxygens (including phenoxy) is 1. The van der Waals surface area contributed by atoms with Gasteiger partial charge < -0.3 is 20.7 Å². The van der Waals surface area contributed by atoms with Crippen LogP contribution in [0.25, 0.3) is 0 Å². The van der Waals surface area contributed by atoms with Gasteiger partial charge >= 0.3 is 0 Å². The lowest BCUT2D eigenvalue weighted by molar-refractivity contribution is 0.157. The van der Waals surface area contributed by atoms with Gasteiger partial charge in [-0.05, 0) is 43.4 Å². The van der Waals surface area contributed by atoms with Gasteiger partial charge in [0.2, 0.25) is 5.95 Å². The highest BCUT2D eigenvalue weighted by Gasteiger charge is 2.26. The van der Waals surface area contributed by atoms with E-state index >= 15 is 0 Å². The smallest absolute Gasteiger partial charge is 0.220 e. The van der Waals surface area contributed by atoms with E-state index in [1.807, 2.05) is 24.4 Å². The normalized spacial score (nSPS) is 18.8. The van der Waals surface area contributed by atoms with Crippen LogP contribution < -0.4 is 11.1 Å². The van der Waals surface area contributed by atoms with Gasteiger partial charge in [-0.3, -0.25) is 4.98 Å². The number of methoxy groups -OCH3 is 1. The van der Waals surface area contributed by atoms with Crippen molar-refractivity contribution in [2.45, 2.75) is 25.6 Å². The molecule has 1 saturated carbocycles. The number of nitrogen functional groups attached to an aromatic ring is 1. The zero-order valence-electron chi connectivity index (χ0n) is 16.0. The fraction of sp³-hybridized carbons (Fsp3) is 0.400. The zero-order valence-corrected chi connectivity index (χ0v) is 16.0. The van der Waals surface area contributed by atoms with Crippen molar-refractivity contribution in [1.29, 1.82) is 0 Å². The van der Waals surface area contributed by atoms with Crippen LogP contribution in [0.5, 0.6) is 0 Å². The molecule has 0 amide bonds. The number of hydrogen-bond acceptors (Lipinski definition) is 8. The molecule has 0 spiro atoms. The summed E-state index contributed by atoms with van der Waals surface area (Å²) in [5.74, 6) is 1.01. The van der Waals surface area contributed by atoms with E-state index in [9.17, 15) is 0 Å². The fourth-order valence-corrected chi connectivity index (χ4v) is 3.16. The zero-order chi connectivity index (χ0) is 19.3. The molecule has 4 rings (SSSR count). The van der Waals surface area contributed by atoms with Gasteiger partial charge in [-0.15, -0.1) is 0 Å². The van der Waals surface area contributed by atoms with Crippen LogP contribution in [0.4, 0.5) is 11.6 Å². The van der Waals surface area contributed by atoms with Crippen LogP contribution in [-0.2, 0) is 11.2 Å². The largest absolute Gasteiger partial charge is 0.383 e. The van der Waals surface area contributed by atoms with Crippen molar-refractivity contribution in [1.82, 2.24) is 19.9 Å². The van der Waals surface area contributed by atoms with Gasteiger partial charge in [0.05, 0.1) is 18.0 Å². The lowest BCUT2D eigenvalue weighted by atomic mass is 10.0. The topological polar surface area (TPSA) is 102 Å². The Labute approximate surface area is 164 Å². The first kappa shape index (κ1) is 18.4. The summed E-state index contributed by atoms with van der Waals surface area (Å²) in [5.41, 5.74) is 9.58. The molecular formula is C20H25N7O. The maximum Gasteiger partial charge on any atom is 0.220 e. The molecule has 1 aliphatic carbocycles. The molecule has 1 fully saturated rings. The standard InChI is InChI=1S/C20H25N7O/c1-28-11-10-27-9-6-17(26-20(27)24-15-4-7-22-8-5-15)16-13-23-19(21)25-18(16)12-14-2-3-14/h4-9,13-14,20H,2-3,10-12H2,1H3,(H,22,24)(H2,21,23,25). The van der Waals surface area contributed by atoms with Crippen molar-refractivity contribution in [2.75, 3.05) is 31.3 Å². The van der Waals surface area contributed by atoms with Gasteiger partial charge in [-0.25, -0.2) is 15.0 Å². The molecule has 146 valence electrons. The molecule has 0 bridgehead atoms. The second-order valence-corrected chi connectivity index (χ2v) is 7.05. The SMILES string of the molecule is COCCN1C=CC(c2cnc(N)nc2CC2CC2)=NC1Nc1ccncc1. The molecule has 1 unspecified atom stereocenters. The molecule has 2 aromatic rings. The van der Waals surface area contributed by atoms with Crippen LogP contribution >= 0.6 is 0 Å². The molecule has 0 saturated heterocycles. The number of anilines is 2. The summed E-state index contributed by atoms with van der Waals surface area (Å²) in [6.45, 7) is 1.33. The first-order valence-corrected chi connectivity index (χ1v) is 9.52. The molecule has 1 atom stereocenters. The molecule has 8 nitrogen and oxygen atoms in total. The Bertz CT molecular complexity index is 864. The lowest BCUT2D eigenvalue weighted by Crippen LogP contribution is -2.40. The monoisotopic (exact) mass is 379 g/mol. The van der Waals surface area contributed by atoms with E-state index in [-0.39, 0.29) is 6.29 Å². The van der Waals surface area contributed by atoms with Crippen molar-refractivity contribution in [3.8, 4) is 0 Å². The highest BCUT2D eigenvalue weighted by Crippen LogP contribution is 2.33. The first-order valence-electron chi connectivity index (χ1n) is 9.52. The average molecular weight is 379 g/mol. The summed E-state index contributed by atoms with van der Waals surface area (Å²) >= 11 is 0. The Morgan fingerprint density at radius 3 is 2.86 bits per heavy atom. The van der Waals surface area contributed by atoms with Crippen LogP contribution in [0.15, 0.2) is 48.0 Å². The maximum absolute atomic E-state index is 5.84. The number of aliphatic imine (C=N–C) groups is 1. The van der Waals surface area contributed by atoms with E-state index in [1.165, 1.54) is 12.8 Å². The van der Waals surface area contributed by atoms with Gasteiger partial charge in [0, 0.05) is 49.7 Å². The molecule has 1 aliphatic heterocycles. The summed E-state index contributed by atoms with van der Waals surface area (Å²) in [7, 11) is 1.70. The molecular weight excluding hydrogens is 354 g/mol. The number of pyridine rings is 1. The molecule has 2 aliphatic rings. The third-order valence-corrected chi connectivity index (χ3v) is 4.87. The molecule has 28 heavy (non-hydrogen) atoms. The lowest BCUT2D eigenvalue weighted by Gasteiger charge is -2.32. The van der Waals surface area contributed by atoms with Gasteiger partial charge in [0.1, 0.15) is 0 Å². The van der Waals surface area contributed by atoms with Crippen molar-refractivity contribution in [3.05, 3.63) is 54.3 Å². The third-order valence-electron chi connectivity index (χ3n) is 4.87. The number of aromatic nitrogens is 3. The fourth-order valence-electron chi connectivity index (χ4n) is 3.16. The van der Waals surface area contributed by atoms with Crippen LogP contribution in [0.1, 0.15) is 24.1 Å². The van der Waals surface area contributed by atoms with Crippen LogP contribution in [0.3, 0.4) is 0 Å². The van der Waals surface area contributed by atoms with E-state index < -0.39 is 0 Å². The van der Waals surface area contributed by atoms with E-state index in [1.54, 1.807) is 25.7 Å². The molecule has 3 heterocycles. The average Bonchev–Trinajstić information content (AvgIpc) is 3.52. The van der Waals surface area contributed by atoms with Gasteiger partial charge in [0.15, 0.2) is 6.29 Å². The van der Waals surface area contributed by atoms with Crippen LogP contribution in [-0.4, -0.2) is 52.1 Å². The highest BCUT2D eigenvalue weighted by atomic mass is 16.5. The van der Waals surface area contributed by atoms with E-state index in [4.69, 9.17) is 15.5 Å². The van der Waals surface area contributed by atoms with Gasteiger partial charge in [0.25, 0.3) is 0 Å². The van der Waals surface area contributed by atoms with E-state index in [0.717, 1.165) is 35.6 Å². The summed E-state index contributed by atoms with van der Waals surface area (Å²) in [5, 5.41) is 3.45. The summed E-state index contributed by atoms with van der Waals surface area (Å²) in [6.07, 6.45) is 12.5. The van der Waals surface area contributed by atoms with E-state index in [2.05, 4.69) is 25.2 Å². The minimum absolute atomic E-state index is 0.260. The number of allylic oxidation sites excluding steroid dienone is 1. The number of nitrogens with one attached hydrogen (secondary N) is 1. The Morgan fingerprint density at radius 2 is 2.11 bits per heavy atom. The minimum Gasteiger partial charge on any atom is -0.383 e. The van der Waals surface area contributed by atoms with Crippen molar-refractivity contribution in [3.63, 3.8) is 0 Å². The quantitative estimate of drug-likeness (QED) is 0.724. The summed E-state index contributed by atoms with van der Waals surface area (Å²) in [6, 6.07) is 3.85. The van der Waals surface area contributed by atoms with Gasteiger partial charge in [-0.1, -0.05) is 0 Å². The van der Waals surface area contributed by atoms with Crippen molar-refractivity contribution < 1.29 is 4.74 Å². The van der Waals surface area contributed by atoms with Crippen LogP contribution in [0.2, 0.25) is 0 Å². The Balaban J connectivity index is 1.62. The second-order valence-electron chi connectivity index (χ2n) is 7.05. The summed E-state index contributed by atoms with van der Waals surface area (Å²) < 4.78 is 5.24. The Morgan fingerprint density at radius 1 is 1.29 bits per heavy atom. The Kier molecular flexibility index (Phi) is 5.48. The number of nitrogens with zero attached hydrogens (tertiary/aromatic N) is 5. The second kappa shape index (κ2) is 8.35. The Hall–Kier alpha value is -3.00. The number of nitrogens with two attached hydrogens (primary N) is 1. The van der Waals surface area contributed by atoms with Crippen molar-refractivity contribution >= 4 is 17.3 Å². The molecule has 0 radical (unpaired) electrons. The maximum atomic E-state index is 5.84. The first-order chi connectivity index (χ1) is 13.7. The number of hydrogen-bond donors (Lipinski definition) is 2. The summed E-state index contributed by atoms with van der Waals surface area (Å²) in [4.78, 5) is 19.8. The van der Waals surface area contributed by atoms with Crippen LogP contribution in [0, 0.1) is 5.92 Å². The predicted octanol–water partition coefficient (Wildman–Crippen LogP) is 2.07. The molecule has 8 heteroatoms. The highest BCUT2D eigenvalue weighted by molar-refractivity contribution is 6.09. The van der Waals surface area contributed by atoms with Crippen molar-refractivity contribution in [2.24, 2.45) is 10.9 Å². The molecule has 0 aromatic carbocycles.